The zero-order valence-corrected chi connectivity index (χ0v) is 10.8. The first-order chi connectivity index (χ1) is 8.87. The zero-order chi connectivity index (χ0) is 14.5. The molecule has 19 heavy (non-hydrogen) atoms. The van der Waals surface area contributed by atoms with Gasteiger partial charge in [0.1, 0.15) is 0 Å². The summed E-state index contributed by atoms with van der Waals surface area (Å²) in [6, 6.07) is 6.67. The van der Waals surface area contributed by atoms with Crippen molar-refractivity contribution in [1.29, 1.82) is 0 Å². The van der Waals surface area contributed by atoms with E-state index in [4.69, 9.17) is 10.8 Å². The highest BCUT2D eigenvalue weighted by Gasteiger charge is 2.33. The Kier molecular flexibility index (Phi) is 5.78. The molecule has 3 nitrogen and oxygen atoms in total. The Morgan fingerprint density at radius 1 is 1.26 bits per heavy atom. The molecule has 0 radical (unpaired) electrons. The van der Waals surface area contributed by atoms with Crippen LogP contribution in [-0.2, 0) is 0 Å². The smallest absolute Gasteiger partial charge is 0.395 e. The zero-order valence-electron chi connectivity index (χ0n) is 10.8. The lowest BCUT2D eigenvalue weighted by atomic mass is 10.0. The molecule has 0 aliphatic rings. The highest BCUT2D eigenvalue weighted by atomic mass is 19.4. The highest BCUT2D eigenvalue weighted by Crippen LogP contribution is 2.25. The van der Waals surface area contributed by atoms with Crippen molar-refractivity contribution in [3.05, 3.63) is 35.4 Å². The monoisotopic (exact) mass is 276 g/mol. The highest BCUT2D eigenvalue weighted by molar-refractivity contribution is 5.24. The van der Waals surface area contributed by atoms with Gasteiger partial charge in [-0.15, -0.1) is 0 Å². The number of alkyl halides is 3. The van der Waals surface area contributed by atoms with Crippen LogP contribution in [0.1, 0.15) is 17.2 Å². The molecular weight excluding hydrogens is 257 g/mol. The Bertz CT molecular complexity index is 378. The molecule has 0 bridgehead atoms. The summed E-state index contributed by atoms with van der Waals surface area (Å²) < 4.78 is 37.6. The molecule has 1 aromatic rings. The van der Waals surface area contributed by atoms with Gasteiger partial charge in [0.2, 0.25) is 0 Å². The summed E-state index contributed by atoms with van der Waals surface area (Å²) in [6.07, 6.45) is -4.31. The molecule has 0 aliphatic heterocycles. The molecule has 0 aliphatic carbocycles. The molecule has 1 rings (SSSR count). The predicted octanol–water partition coefficient (Wildman–Crippen LogP) is 1.85. The van der Waals surface area contributed by atoms with Crippen LogP contribution in [0.4, 0.5) is 13.2 Å². The number of aryl methyl sites for hydroxylation is 1. The molecule has 6 heteroatoms. The number of hydrogen-bond donors (Lipinski definition) is 2. The van der Waals surface area contributed by atoms with E-state index in [0.717, 1.165) is 16.0 Å². The van der Waals surface area contributed by atoms with Gasteiger partial charge < -0.3 is 10.8 Å². The van der Waals surface area contributed by atoms with Crippen LogP contribution in [0.5, 0.6) is 0 Å². The lowest BCUT2D eigenvalue weighted by Crippen LogP contribution is -2.41. The summed E-state index contributed by atoms with van der Waals surface area (Å²) >= 11 is 0. The molecule has 0 spiro atoms. The summed E-state index contributed by atoms with van der Waals surface area (Å²) in [5.41, 5.74) is 7.36. The van der Waals surface area contributed by atoms with Gasteiger partial charge in [-0.25, -0.2) is 0 Å². The maximum atomic E-state index is 12.5. The van der Waals surface area contributed by atoms with E-state index in [0.29, 0.717) is 0 Å². The molecular formula is C13H19F3N2O. The fourth-order valence-corrected chi connectivity index (χ4v) is 1.99. The van der Waals surface area contributed by atoms with E-state index in [1.54, 1.807) is 12.1 Å². The molecule has 0 heterocycles. The summed E-state index contributed by atoms with van der Waals surface area (Å²) in [4.78, 5) is 1.16. The molecule has 1 atom stereocenters. The van der Waals surface area contributed by atoms with Gasteiger partial charge in [-0.2, -0.15) is 13.2 Å². The number of halogens is 3. The lowest BCUT2D eigenvalue weighted by molar-refractivity contribution is -0.151. The molecule has 1 aromatic carbocycles. The van der Waals surface area contributed by atoms with E-state index >= 15 is 0 Å². The van der Waals surface area contributed by atoms with E-state index < -0.39 is 18.8 Å². The first-order valence-corrected chi connectivity index (χ1v) is 6.05. The van der Waals surface area contributed by atoms with Crippen molar-refractivity contribution in [2.45, 2.75) is 19.1 Å². The minimum absolute atomic E-state index is 0.0603. The number of aliphatic hydroxyl groups excluding tert-OH is 1. The van der Waals surface area contributed by atoms with E-state index in [9.17, 15) is 13.2 Å². The molecule has 108 valence electrons. The minimum atomic E-state index is -4.31. The van der Waals surface area contributed by atoms with Gasteiger partial charge in [-0.3, -0.25) is 4.90 Å². The van der Waals surface area contributed by atoms with Gasteiger partial charge in [-0.05, 0) is 12.5 Å². The Labute approximate surface area is 110 Å². The summed E-state index contributed by atoms with van der Waals surface area (Å²) in [5.74, 6) is 0. The number of nitrogens with two attached hydrogens (primary N) is 1. The standard InChI is InChI=1S/C13H19F3N2O/c1-10-2-4-11(5-3-10)12(8-17)18(6-7-19)9-13(14,15)16/h2-5,12,19H,6-9,17H2,1H3. The van der Waals surface area contributed by atoms with Gasteiger partial charge in [0, 0.05) is 19.1 Å². The van der Waals surface area contributed by atoms with Crippen LogP contribution >= 0.6 is 0 Å². The third-order valence-electron chi connectivity index (χ3n) is 2.90. The summed E-state index contributed by atoms with van der Waals surface area (Å²) in [7, 11) is 0. The Hall–Kier alpha value is -1.11. The van der Waals surface area contributed by atoms with Crippen LogP contribution in [0, 0.1) is 6.92 Å². The third-order valence-corrected chi connectivity index (χ3v) is 2.90. The largest absolute Gasteiger partial charge is 0.401 e. The van der Waals surface area contributed by atoms with Crippen molar-refractivity contribution in [3.8, 4) is 0 Å². The number of rotatable bonds is 6. The van der Waals surface area contributed by atoms with Gasteiger partial charge in [0.15, 0.2) is 0 Å². The molecule has 0 aromatic heterocycles. The van der Waals surface area contributed by atoms with E-state index in [-0.39, 0.29) is 19.7 Å². The van der Waals surface area contributed by atoms with Crippen LogP contribution in [-0.4, -0.2) is 42.4 Å². The van der Waals surface area contributed by atoms with Gasteiger partial charge in [0.25, 0.3) is 0 Å². The van der Waals surface area contributed by atoms with Crippen molar-refractivity contribution < 1.29 is 18.3 Å². The third kappa shape index (κ3) is 5.18. The maximum absolute atomic E-state index is 12.5. The predicted molar refractivity (Wildman–Crippen MR) is 67.7 cm³/mol. The molecule has 0 fully saturated rings. The van der Waals surface area contributed by atoms with Crippen LogP contribution in [0.15, 0.2) is 24.3 Å². The second-order valence-corrected chi connectivity index (χ2v) is 4.47. The molecule has 0 saturated carbocycles. The van der Waals surface area contributed by atoms with Crippen molar-refractivity contribution in [3.63, 3.8) is 0 Å². The molecule has 3 N–H and O–H groups in total. The molecule has 0 saturated heterocycles. The summed E-state index contributed by atoms with van der Waals surface area (Å²) in [6.45, 7) is 0.499. The maximum Gasteiger partial charge on any atom is 0.401 e. The number of hydrogen-bond acceptors (Lipinski definition) is 3. The SMILES string of the molecule is Cc1ccc(C(CN)N(CCO)CC(F)(F)F)cc1. The average molecular weight is 276 g/mol. The van der Waals surface area contributed by atoms with Crippen molar-refractivity contribution in [2.24, 2.45) is 5.73 Å². The van der Waals surface area contributed by atoms with Gasteiger partial charge >= 0.3 is 6.18 Å². The van der Waals surface area contributed by atoms with Crippen LogP contribution in [0.3, 0.4) is 0 Å². The fourth-order valence-electron chi connectivity index (χ4n) is 1.99. The first kappa shape index (κ1) is 15.9. The van der Waals surface area contributed by atoms with E-state index in [1.165, 1.54) is 0 Å². The summed E-state index contributed by atoms with van der Waals surface area (Å²) in [5, 5.41) is 8.92. The van der Waals surface area contributed by atoms with Crippen LogP contribution < -0.4 is 5.73 Å². The second kappa shape index (κ2) is 6.88. The second-order valence-electron chi connectivity index (χ2n) is 4.47. The number of nitrogens with zero attached hydrogens (tertiary/aromatic N) is 1. The lowest BCUT2D eigenvalue weighted by Gasteiger charge is -2.31. The topological polar surface area (TPSA) is 49.5 Å². The van der Waals surface area contributed by atoms with Gasteiger partial charge in [-0.1, -0.05) is 29.8 Å². The van der Waals surface area contributed by atoms with Crippen molar-refractivity contribution in [1.82, 2.24) is 4.90 Å². The van der Waals surface area contributed by atoms with E-state index in [1.807, 2.05) is 19.1 Å². The quantitative estimate of drug-likeness (QED) is 0.833. The fraction of sp³-hybridized carbons (Fsp3) is 0.538. The van der Waals surface area contributed by atoms with Crippen molar-refractivity contribution in [2.75, 3.05) is 26.2 Å². The van der Waals surface area contributed by atoms with E-state index in [2.05, 4.69) is 0 Å². The number of benzene rings is 1. The molecule has 1 unspecified atom stereocenters. The van der Waals surface area contributed by atoms with Gasteiger partial charge in [0.05, 0.1) is 13.2 Å². The Morgan fingerprint density at radius 2 is 1.84 bits per heavy atom. The minimum Gasteiger partial charge on any atom is -0.395 e. The average Bonchev–Trinajstić information content (AvgIpc) is 2.31. The van der Waals surface area contributed by atoms with Crippen LogP contribution in [0.25, 0.3) is 0 Å². The number of aliphatic hydroxyl groups is 1. The Morgan fingerprint density at radius 3 is 2.26 bits per heavy atom. The molecule has 0 amide bonds. The normalized spacial score (nSPS) is 13.8. The Balaban J connectivity index is 2.92. The van der Waals surface area contributed by atoms with Crippen molar-refractivity contribution >= 4 is 0 Å². The first-order valence-electron chi connectivity index (χ1n) is 6.05. The van der Waals surface area contributed by atoms with Crippen LogP contribution in [0.2, 0.25) is 0 Å².